The zero-order chi connectivity index (χ0) is 13.8. The van der Waals surface area contributed by atoms with Gasteiger partial charge in [0.1, 0.15) is 5.75 Å². The molecule has 0 amide bonds. The fraction of sp³-hybridized carbons (Fsp3) is 0.286. The Kier molecular flexibility index (Phi) is 4.71. The molecule has 0 aliphatic rings. The summed E-state index contributed by atoms with van der Waals surface area (Å²) in [6, 6.07) is 8.03. The van der Waals surface area contributed by atoms with Gasteiger partial charge in [0.05, 0.1) is 16.1 Å². The van der Waals surface area contributed by atoms with Crippen molar-refractivity contribution in [2.45, 2.75) is 13.5 Å². The van der Waals surface area contributed by atoms with E-state index in [9.17, 15) is 0 Å². The fourth-order valence-electron chi connectivity index (χ4n) is 1.83. The highest BCUT2D eigenvalue weighted by Gasteiger charge is 2.07. The first-order chi connectivity index (χ1) is 9.10. The summed E-state index contributed by atoms with van der Waals surface area (Å²) in [4.78, 5) is 2.18. The van der Waals surface area contributed by atoms with E-state index in [1.54, 1.807) is 11.3 Å². The predicted octanol–water partition coefficient (Wildman–Crippen LogP) is 4.13. The SMILES string of the molecule is CCOc1cc(N(C)Cc2csc(Br)c2)ccc1N. The molecule has 19 heavy (non-hydrogen) atoms. The Bertz CT molecular complexity index is 556. The van der Waals surface area contributed by atoms with Crippen molar-refractivity contribution in [3.05, 3.63) is 39.0 Å². The second kappa shape index (κ2) is 6.30. The maximum atomic E-state index is 5.88. The van der Waals surface area contributed by atoms with E-state index in [2.05, 4.69) is 39.3 Å². The maximum Gasteiger partial charge on any atom is 0.144 e. The summed E-state index contributed by atoms with van der Waals surface area (Å²) in [5.41, 5.74) is 8.95. The molecule has 1 aromatic heterocycles. The van der Waals surface area contributed by atoms with Crippen LogP contribution in [-0.2, 0) is 6.54 Å². The number of nitrogen functional groups attached to an aromatic ring is 1. The van der Waals surface area contributed by atoms with E-state index in [0.29, 0.717) is 12.3 Å². The smallest absolute Gasteiger partial charge is 0.144 e. The molecule has 0 saturated heterocycles. The van der Waals surface area contributed by atoms with Crippen LogP contribution in [-0.4, -0.2) is 13.7 Å². The van der Waals surface area contributed by atoms with Gasteiger partial charge in [-0.15, -0.1) is 11.3 Å². The van der Waals surface area contributed by atoms with Crippen molar-refractivity contribution in [2.24, 2.45) is 0 Å². The molecule has 2 N–H and O–H groups in total. The number of anilines is 2. The molecule has 0 fully saturated rings. The van der Waals surface area contributed by atoms with E-state index >= 15 is 0 Å². The maximum absolute atomic E-state index is 5.88. The number of halogens is 1. The van der Waals surface area contributed by atoms with Crippen molar-refractivity contribution >= 4 is 38.6 Å². The van der Waals surface area contributed by atoms with Crippen molar-refractivity contribution < 1.29 is 4.74 Å². The van der Waals surface area contributed by atoms with Gasteiger partial charge < -0.3 is 15.4 Å². The summed E-state index contributed by atoms with van der Waals surface area (Å²) < 4.78 is 6.68. The van der Waals surface area contributed by atoms with Crippen LogP contribution < -0.4 is 15.4 Å². The van der Waals surface area contributed by atoms with Gasteiger partial charge in [-0.25, -0.2) is 0 Å². The van der Waals surface area contributed by atoms with Crippen molar-refractivity contribution in [1.82, 2.24) is 0 Å². The van der Waals surface area contributed by atoms with Crippen molar-refractivity contribution in [3.8, 4) is 5.75 Å². The monoisotopic (exact) mass is 340 g/mol. The third-order valence-electron chi connectivity index (χ3n) is 2.78. The van der Waals surface area contributed by atoms with Crippen molar-refractivity contribution in [2.75, 3.05) is 24.3 Å². The van der Waals surface area contributed by atoms with Gasteiger partial charge in [-0.05, 0) is 52.0 Å². The number of hydrogen-bond acceptors (Lipinski definition) is 4. The molecule has 3 nitrogen and oxygen atoms in total. The minimum Gasteiger partial charge on any atom is -0.492 e. The van der Waals surface area contributed by atoms with Gasteiger partial charge in [0.15, 0.2) is 0 Å². The third kappa shape index (κ3) is 3.64. The van der Waals surface area contributed by atoms with Crippen LogP contribution in [0.3, 0.4) is 0 Å². The van der Waals surface area contributed by atoms with Gasteiger partial charge in [0.25, 0.3) is 0 Å². The molecule has 0 radical (unpaired) electrons. The highest BCUT2D eigenvalue weighted by molar-refractivity contribution is 9.11. The number of nitrogens with two attached hydrogens (primary N) is 1. The highest BCUT2D eigenvalue weighted by atomic mass is 79.9. The van der Waals surface area contributed by atoms with Crippen molar-refractivity contribution in [1.29, 1.82) is 0 Å². The fourth-order valence-corrected chi connectivity index (χ4v) is 3.04. The number of hydrogen-bond donors (Lipinski definition) is 1. The third-order valence-corrected chi connectivity index (χ3v) is 4.33. The lowest BCUT2D eigenvalue weighted by atomic mass is 10.2. The zero-order valence-electron chi connectivity index (χ0n) is 11.0. The Morgan fingerprint density at radius 3 is 2.79 bits per heavy atom. The molecular formula is C14H17BrN2OS. The summed E-state index contributed by atoms with van der Waals surface area (Å²) in [5.74, 6) is 0.748. The van der Waals surface area contributed by atoms with E-state index in [1.807, 2.05) is 25.1 Å². The van der Waals surface area contributed by atoms with Gasteiger partial charge >= 0.3 is 0 Å². The van der Waals surface area contributed by atoms with E-state index in [0.717, 1.165) is 21.8 Å². The van der Waals surface area contributed by atoms with Crippen LogP contribution in [0.4, 0.5) is 11.4 Å². The number of thiophene rings is 1. The number of nitrogens with zero attached hydrogens (tertiary/aromatic N) is 1. The minimum atomic E-state index is 0.620. The second-order valence-corrected chi connectivity index (χ2v) is 6.56. The Hall–Kier alpha value is -1.20. The van der Waals surface area contributed by atoms with Gasteiger partial charge in [-0.2, -0.15) is 0 Å². The minimum absolute atomic E-state index is 0.620. The molecule has 102 valence electrons. The lowest BCUT2D eigenvalue weighted by Gasteiger charge is -2.20. The average Bonchev–Trinajstić information content (AvgIpc) is 2.77. The lowest BCUT2D eigenvalue weighted by molar-refractivity contribution is 0.342. The van der Waals surface area contributed by atoms with Gasteiger partial charge in [0, 0.05) is 25.3 Å². The molecule has 5 heteroatoms. The topological polar surface area (TPSA) is 38.5 Å². The van der Waals surface area contributed by atoms with E-state index in [1.165, 1.54) is 5.56 Å². The number of ether oxygens (including phenoxy) is 1. The van der Waals surface area contributed by atoms with E-state index in [4.69, 9.17) is 10.5 Å². The summed E-state index contributed by atoms with van der Waals surface area (Å²) >= 11 is 5.18. The predicted molar refractivity (Wildman–Crippen MR) is 86.1 cm³/mol. The highest BCUT2D eigenvalue weighted by Crippen LogP contribution is 2.29. The zero-order valence-corrected chi connectivity index (χ0v) is 13.4. The first kappa shape index (κ1) is 14.2. The first-order valence-corrected chi connectivity index (χ1v) is 7.73. The van der Waals surface area contributed by atoms with Crippen LogP contribution in [0.1, 0.15) is 12.5 Å². The molecule has 0 aliphatic heterocycles. The van der Waals surface area contributed by atoms with Crippen LogP contribution in [0.5, 0.6) is 5.75 Å². The quantitative estimate of drug-likeness (QED) is 0.831. The summed E-state index contributed by atoms with van der Waals surface area (Å²) in [5, 5.41) is 2.15. The standard InChI is InChI=1S/C14H17BrN2OS/c1-3-18-13-7-11(4-5-12(13)16)17(2)8-10-6-14(15)19-9-10/h4-7,9H,3,8,16H2,1-2H3. The Balaban J connectivity index is 2.14. The van der Waals surface area contributed by atoms with E-state index in [-0.39, 0.29) is 0 Å². The van der Waals surface area contributed by atoms with Crippen molar-refractivity contribution in [3.63, 3.8) is 0 Å². The number of benzene rings is 1. The molecule has 2 aromatic rings. The summed E-state index contributed by atoms with van der Waals surface area (Å²) in [6.07, 6.45) is 0. The normalized spacial score (nSPS) is 10.5. The van der Waals surface area contributed by atoms with E-state index < -0.39 is 0 Å². The second-order valence-electron chi connectivity index (χ2n) is 4.27. The Labute approximate surface area is 126 Å². The molecule has 0 aliphatic carbocycles. The summed E-state index contributed by atoms with van der Waals surface area (Å²) in [7, 11) is 2.06. The molecular weight excluding hydrogens is 324 g/mol. The van der Waals surface area contributed by atoms with Gasteiger partial charge in [-0.3, -0.25) is 0 Å². The lowest BCUT2D eigenvalue weighted by Crippen LogP contribution is -2.16. The van der Waals surface area contributed by atoms with Crippen LogP contribution in [0.2, 0.25) is 0 Å². The molecule has 0 unspecified atom stereocenters. The molecule has 0 spiro atoms. The summed E-state index contributed by atoms with van der Waals surface area (Å²) in [6.45, 7) is 3.44. The van der Waals surface area contributed by atoms with Crippen LogP contribution >= 0.6 is 27.3 Å². The van der Waals surface area contributed by atoms with Crippen LogP contribution in [0.25, 0.3) is 0 Å². The van der Waals surface area contributed by atoms with Gasteiger partial charge in [-0.1, -0.05) is 0 Å². The van der Waals surface area contributed by atoms with Gasteiger partial charge in [0.2, 0.25) is 0 Å². The molecule has 0 atom stereocenters. The Morgan fingerprint density at radius 2 is 2.16 bits per heavy atom. The Morgan fingerprint density at radius 1 is 1.37 bits per heavy atom. The average molecular weight is 341 g/mol. The molecule has 1 heterocycles. The largest absolute Gasteiger partial charge is 0.492 e. The first-order valence-electron chi connectivity index (χ1n) is 6.06. The molecule has 2 rings (SSSR count). The molecule has 0 bridgehead atoms. The van der Waals surface area contributed by atoms with Crippen LogP contribution in [0.15, 0.2) is 33.4 Å². The molecule has 1 aromatic carbocycles. The molecule has 0 saturated carbocycles. The number of rotatable bonds is 5. The van der Waals surface area contributed by atoms with Crippen LogP contribution in [0, 0.1) is 0 Å².